The van der Waals surface area contributed by atoms with Crippen LogP contribution in [0.3, 0.4) is 0 Å². The first-order valence-corrected chi connectivity index (χ1v) is 10.0. The summed E-state index contributed by atoms with van der Waals surface area (Å²) in [5, 5.41) is 7.22. The molecule has 0 aliphatic carbocycles. The molecule has 0 atom stereocenters. The van der Waals surface area contributed by atoms with Gasteiger partial charge in [-0.25, -0.2) is 0 Å². The fourth-order valence-corrected chi connectivity index (χ4v) is 4.73. The van der Waals surface area contributed by atoms with Crippen molar-refractivity contribution in [2.45, 2.75) is 0 Å². The summed E-state index contributed by atoms with van der Waals surface area (Å²) in [4.78, 5) is 7.11. The molecule has 6 rings (SSSR count). The zero-order valence-corrected chi connectivity index (χ0v) is 16.5. The molecule has 0 fully saturated rings. The summed E-state index contributed by atoms with van der Waals surface area (Å²) >= 11 is 0. The maximum absolute atomic E-state index is 7.55. The van der Waals surface area contributed by atoms with Crippen LogP contribution in [0, 0.1) is 13.1 Å². The van der Waals surface area contributed by atoms with Crippen molar-refractivity contribution in [3.05, 3.63) is 114 Å². The highest BCUT2D eigenvalue weighted by Gasteiger charge is 2.18. The van der Waals surface area contributed by atoms with Gasteiger partial charge in [-0.1, -0.05) is 78.9 Å². The van der Waals surface area contributed by atoms with Crippen molar-refractivity contribution in [1.82, 2.24) is 4.57 Å². The van der Waals surface area contributed by atoms with Crippen molar-refractivity contribution >= 4 is 54.7 Å². The van der Waals surface area contributed by atoms with E-state index >= 15 is 0 Å². The standard InChI is InChI=1S/C28H15N3/c1-29-24-16-15-18(17-25(24)30-2)31-26-14-8-7-13-23(26)27-21-11-5-3-9-19(21)20-10-4-6-12-22(20)28(27)31/h3-17H. The Hall–Kier alpha value is -4.60. The summed E-state index contributed by atoms with van der Waals surface area (Å²) in [5.74, 6) is 0. The van der Waals surface area contributed by atoms with Gasteiger partial charge in [0.2, 0.25) is 0 Å². The van der Waals surface area contributed by atoms with E-state index in [1.54, 1.807) is 6.07 Å². The van der Waals surface area contributed by atoms with E-state index in [1.165, 1.54) is 32.3 Å². The molecule has 0 spiro atoms. The van der Waals surface area contributed by atoms with Crippen LogP contribution in [0.15, 0.2) is 91.0 Å². The summed E-state index contributed by atoms with van der Waals surface area (Å²) < 4.78 is 2.24. The van der Waals surface area contributed by atoms with Crippen molar-refractivity contribution in [3.63, 3.8) is 0 Å². The highest BCUT2D eigenvalue weighted by molar-refractivity contribution is 6.32. The van der Waals surface area contributed by atoms with Crippen molar-refractivity contribution in [3.8, 4) is 5.69 Å². The molecule has 0 radical (unpaired) electrons. The largest absolute Gasteiger partial charge is 0.310 e. The van der Waals surface area contributed by atoms with Gasteiger partial charge in [-0.3, -0.25) is 9.69 Å². The van der Waals surface area contributed by atoms with Crippen molar-refractivity contribution in [2.24, 2.45) is 0 Å². The lowest BCUT2D eigenvalue weighted by Crippen LogP contribution is -1.94. The Bertz CT molecular complexity index is 1760. The molecule has 3 heteroatoms. The van der Waals surface area contributed by atoms with Gasteiger partial charge in [0.15, 0.2) is 11.4 Å². The molecule has 0 aliphatic heterocycles. The van der Waals surface area contributed by atoms with Crippen LogP contribution in [-0.2, 0) is 0 Å². The number of rotatable bonds is 1. The van der Waals surface area contributed by atoms with Gasteiger partial charge < -0.3 is 4.57 Å². The molecule has 31 heavy (non-hydrogen) atoms. The first-order chi connectivity index (χ1) is 15.3. The summed E-state index contributed by atoms with van der Waals surface area (Å²) in [6.45, 7) is 14.9. The maximum Gasteiger partial charge on any atom is 0.196 e. The Kier molecular flexibility index (Phi) is 3.60. The first-order valence-electron chi connectivity index (χ1n) is 10.0. The average Bonchev–Trinajstić information content (AvgIpc) is 3.19. The normalized spacial score (nSPS) is 11.2. The lowest BCUT2D eigenvalue weighted by Gasteiger charge is -2.13. The Labute approximate surface area is 179 Å². The van der Waals surface area contributed by atoms with E-state index in [4.69, 9.17) is 13.1 Å². The molecule has 0 N–H and O–H groups in total. The SMILES string of the molecule is [C-]#[N+]c1ccc(-n2c3ccccc3c3c4ccccc4c4ccccc4c32)cc1[N+]#[C-]. The molecule has 0 amide bonds. The second-order valence-electron chi connectivity index (χ2n) is 7.56. The molecule has 0 unspecified atom stereocenters. The van der Waals surface area contributed by atoms with Gasteiger partial charge in [-0.15, -0.1) is 0 Å². The molecular formula is C28H15N3. The zero-order chi connectivity index (χ0) is 20.9. The minimum Gasteiger partial charge on any atom is -0.310 e. The quantitative estimate of drug-likeness (QED) is 0.197. The van der Waals surface area contributed by atoms with Crippen molar-refractivity contribution in [1.29, 1.82) is 0 Å². The number of para-hydroxylation sites is 1. The Morgan fingerprint density at radius 3 is 1.84 bits per heavy atom. The smallest absolute Gasteiger partial charge is 0.196 e. The van der Waals surface area contributed by atoms with Crippen LogP contribution in [0.5, 0.6) is 0 Å². The van der Waals surface area contributed by atoms with Crippen molar-refractivity contribution in [2.75, 3.05) is 0 Å². The number of fused-ring (bicyclic) bond motifs is 8. The van der Waals surface area contributed by atoms with Gasteiger partial charge in [0.25, 0.3) is 0 Å². The molecule has 0 saturated heterocycles. The fraction of sp³-hybridized carbons (Fsp3) is 0. The Morgan fingerprint density at radius 2 is 1.13 bits per heavy atom. The average molecular weight is 393 g/mol. The van der Waals surface area contributed by atoms with Crippen molar-refractivity contribution < 1.29 is 0 Å². The van der Waals surface area contributed by atoms with Gasteiger partial charge in [-0.2, -0.15) is 0 Å². The predicted octanol–water partition coefficient (Wildman–Crippen LogP) is 8.19. The van der Waals surface area contributed by atoms with Crippen LogP contribution in [0.4, 0.5) is 11.4 Å². The van der Waals surface area contributed by atoms with Gasteiger partial charge in [-0.05, 0) is 28.3 Å². The third-order valence-corrected chi connectivity index (χ3v) is 6.00. The summed E-state index contributed by atoms with van der Waals surface area (Å²) in [7, 11) is 0. The van der Waals surface area contributed by atoms with Gasteiger partial charge in [0.1, 0.15) is 0 Å². The minimum absolute atomic E-state index is 0.378. The van der Waals surface area contributed by atoms with Crippen LogP contribution in [0.2, 0.25) is 0 Å². The van der Waals surface area contributed by atoms with Crippen LogP contribution in [0.1, 0.15) is 0 Å². The third kappa shape index (κ3) is 2.32. The number of hydrogen-bond donors (Lipinski definition) is 0. The molecular weight excluding hydrogens is 378 g/mol. The van der Waals surface area contributed by atoms with Gasteiger partial charge >= 0.3 is 0 Å². The lowest BCUT2D eigenvalue weighted by atomic mass is 9.97. The highest BCUT2D eigenvalue weighted by Crippen LogP contribution is 2.43. The third-order valence-electron chi connectivity index (χ3n) is 6.00. The molecule has 6 aromatic rings. The molecule has 0 aliphatic rings. The Morgan fingerprint density at radius 1 is 0.548 bits per heavy atom. The van der Waals surface area contributed by atoms with E-state index in [2.05, 4.69) is 81.0 Å². The first kappa shape index (κ1) is 17.3. The monoisotopic (exact) mass is 393 g/mol. The second-order valence-corrected chi connectivity index (χ2v) is 7.56. The van der Waals surface area contributed by atoms with E-state index in [-0.39, 0.29) is 0 Å². The van der Waals surface area contributed by atoms with E-state index in [9.17, 15) is 0 Å². The predicted molar refractivity (Wildman–Crippen MR) is 128 cm³/mol. The number of benzene rings is 5. The van der Waals surface area contributed by atoms with E-state index < -0.39 is 0 Å². The summed E-state index contributed by atoms with van der Waals surface area (Å²) in [5.41, 5.74) is 3.87. The van der Waals surface area contributed by atoms with E-state index in [0.717, 1.165) is 16.7 Å². The maximum atomic E-state index is 7.55. The van der Waals surface area contributed by atoms with Crippen LogP contribution in [0.25, 0.3) is 58.7 Å². The summed E-state index contributed by atoms with van der Waals surface area (Å²) in [6, 6.07) is 31.0. The Balaban J connectivity index is 1.92. The minimum atomic E-state index is 0.378. The fourth-order valence-electron chi connectivity index (χ4n) is 4.73. The molecule has 5 aromatic carbocycles. The molecule has 1 heterocycles. The van der Waals surface area contributed by atoms with E-state index in [1.807, 2.05) is 18.2 Å². The zero-order valence-electron chi connectivity index (χ0n) is 16.5. The van der Waals surface area contributed by atoms with Crippen LogP contribution in [-0.4, -0.2) is 4.57 Å². The highest BCUT2D eigenvalue weighted by atomic mass is 15.0. The molecule has 142 valence electrons. The molecule has 0 bridgehead atoms. The van der Waals surface area contributed by atoms with E-state index in [0.29, 0.717) is 11.4 Å². The second kappa shape index (κ2) is 6.46. The van der Waals surface area contributed by atoms with Crippen LogP contribution < -0.4 is 0 Å². The number of nitrogens with zero attached hydrogens (tertiary/aromatic N) is 3. The van der Waals surface area contributed by atoms with Gasteiger partial charge in [0.05, 0.1) is 24.2 Å². The molecule has 3 nitrogen and oxygen atoms in total. The summed E-state index contributed by atoms with van der Waals surface area (Å²) in [6.07, 6.45) is 0. The molecule has 0 saturated carbocycles. The lowest BCUT2D eigenvalue weighted by molar-refractivity contribution is 1.19. The topological polar surface area (TPSA) is 13.6 Å². The molecule has 1 aromatic heterocycles. The number of hydrogen-bond acceptors (Lipinski definition) is 0. The van der Waals surface area contributed by atoms with Gasteiger partial charge in [0, 0.05) is 21.8 Å². The number of aromatic nitrogens is 1. The van der Waals surface area contributed by atoms with Crippen LogP contribution >= 0.6 is 0 Å².